The van der Waals surface area contributed by atoms with Crippen LogP contribution in [0.3, 0.4) is 0 Å². The largest absolute Gasteiger partial charge is 0.368 e. The number of halogens is 1. The monoisotopic (exact) mass is 376 g/mol. The molecule has 3 rings (SSSR count). The lowest BCUT2D eigenvalue weighted by molar-refractivity contribution is -0.250. The number of alkyl halides is 1. The first kappa shape index (κ1) is 19.4. The van der Waals surface area contributed by atoms with Crippen LogP contribution in [0, 0.1) is 0 Å². The van der Waals surface area contributed by atoms with Crippen LogP contribution in [0.4, 0.5) is 4.39 Å². The maximum atomic E-state index is 14.9. The molecule has 26 heavy (non-hydrogen) atoms. The van der Waals surface area contributed by atoms with E-state index in [1.165, 1.54) is 0 Å². The maximum Gasteiger partial charge on any atom is 0.164 e. The molecule has 1 unspecified atom stereocenters. The highest BCUT2D eigenvalue weighted by molar-refractivity contribution is 7.80. The van der Waals surface area contributed by atoms with Crippen molar-refractivity contribution in [1.29, 1.82) is 0 Å². The Bertz CT molecular complexity index is 680. The van der Waals surface area contributed by atoms with Gasteiger partial charge in [-0.3, -0.25) is 0 Å². The third-order valence-corrected chi connectivity index (χ3v) is 4.94. The molecule has 5 heteroatoms. The highest BCUT2D eigenvalue weighted by Gasteiger charge is 2.51. The Hall–Kier alpha value is -1.40. The van der Waals surface area contributed by atoms with Crippen LogP contribution in [0.5, 0.6) is 0 Å². The lowest BCUT2D eigenvalue weighted by atomic mass is 9.90. The summed E-state index contributed by atoms with van der Waals surface area (Å²) in [5.41, 5.74) is 0.447. The van der Waals surface area contributed by atoms with E-state index in [1.54, 1.807) is 0 Å². The van der Waals surface area contributed by atoms with Crippen molar-refractivity contribution in [2.45, 2.75) is 56.5 Å². The average Bonchev–Trinajstić information content (AvgIpc) is 2.64. The van der Waals surface area contributed by atoms with E-state index in [0.717, 1.165) is 11.1 Å². The van der Waals surface area contributed by atoms with E-state index < -0.39 is 29.4 Å². The predicted molar refractivity (Wildman–Crippen MR) is 103 cm³/mol. The summed E-state index contributed by atoms with van der Waals surface area (Å²) in [6.07, 6.45) is -2.69. The van der Waals surface area contributed by atoms with Crippen LogP contribution in [0.2, 0.25) is 0 Å². The van der Waals surface area contributed by atoms with Crippen LogP contribution in [-0.2, 0) is 27.4 Å². The van der Waals surface area contributed by atoms with Crippen molar-refractivity contribution in [3.8, 4) is 0 Å². The van der Waals surface area contributed by atoms with Crippen molar-refractivity contribution in [2.75, 3.05) is 0 Å². The molecule has 140 valence electrons. The summed E-state index contributed by atoms with van der Waals surface area (Å²) in [4.78, 5) is 0. The molecule has 0 spiro atoms. The minimum Gasteiger partial charge on any atom is -0.368 e. The summed E-state index contributed by atoms with van der Waals surface area (Å²) in [5.74, 6) is 0. The number of benzene rings is 2. The summed E-state index contributed by atoms with van der Waals surface area (Å²) in [7, 11) is 0. The zero-order chi connectivity index (χ0) is 18.6. The molecule has 2 aromatic rings. The van der Waals surface area contributed by atoms with Gasteiger partial charge in [-0.1, -0.05) is 60.7 Å². The van der Waals surface area contributed by atoms with E-state index >= 15 is 0 Å². The van der Waals surface area contributed by atoms with E-state index in [0.29, 0.717) is 13.2 Å². The molecule has 1 fully saturated rings. The molecule has 1 heterocycles. The molecule has 0 bridgehead atoms. The maximum absolute atomic E-state index is 14.9. The normalized spacial score (nSPS) is 28.0. The lowest BCUT2D eigenvalue weighted by Gasteiger charge is -2.47. The quantitative estimate of drug-likeness (QED) is 0.749. The van der Waals surface area contributed by atoms with E-state index in [2.05, 4.69) is 12.6 Å². The van der Waals surface area contributed by atoms with Crippen LogP contribution in [0.25, 0.3) is 0 Å². The van der Waals surface area contributed by atoms with E-state index in [-0.39, 0.29) is 0 Å². The molecule has 3 nitrogen and oxygen atoms in total. The summed E-state index contributed by atoms with van der Waals surface area (Å²) in [6, 6.07) is 19.5. The second-order valence-electron chi connectivity index (χ2n) is 7.03. The summed E-state index contributed by atoms with van der Waals surface area (Å²) < 4.78 is 32.7. The van der Waals surface area contributed by atoms with Gasteiger partial charge in [-0.05, 0) is 25.0 Å². The average molecular weight is 376 g/mol. The van der Waals surface area contributed by atoms with Gasteiger partial charge in [0.15, 0.2) is 6.17 Å². The molecular weight excluding hydrogens is 351 g/mol. The molecule has 1 aliphatic heterocycles. The molecule has 2 aromatic carbocycles. The first-order valence-corrected chi connectivity index (χ1v) is 9.30. The second kappa shape index (κ2) is 8.53. The SMILES string of the molecule is CC1(C)OC(S)[C@@H](F)[C@H](OCc2ccccc2)[C@@H]1OCc1ccccc1. The summed E-state index contributed by atoms with van der Waals surface area (Å²) >= 11 is 4.26. The van der Waals surface area contributed by atoms with Gasteiger partial charge in [0.2, 0.25) is 0 Å². The minimum atomic E-state index is -1.38. The highest BCUT2D eigenvalue weighted by Crippen LogP contribution is 2.36. The molecule has 0 saturated carbocycles. The van der Waals surface area contributed by atoms with Crippen LogP contribution >= 0.6 is 12.6 Å². The van der Waals surface area contributed by atoms with Crippen LogP contribution in [-0.4, -0.2) is 29.4 Å². The van der Waals surface area contributed by atoms with Crippen molar-refractivity contribution < 1.29 is 18.6 Å². The van der Waals surface area contributed by atoms with Crippen molar-refractivity contribution in [3.63, 3.8) is 0 Å². The zero-order valence-electron chi connectivity index (χ0n) is 15.0. The van der Waals surface area contributed by atoms with Crippen molar-refractivity contribution in [3.05, 3.63) is 71.8 Å². The lowest BCUT2D eigenvalue weighted by Crippen LogP contribution is -2.61. The Morgan fingerprint density at radius 2 is 1.42 bits per heavy atom. The van der Waals surface area contributed by atoms with Gasteiger partial charge in [-0.25, -0.2) is 4.39 Å². The highest BCUT2D eigenvalue weighted by atomic mass is 32.1. The molecule has 0 amide bonds. The van der Waals surface area contributed by atoms with Crippen molar-refractivity contribution >= 4 is 12.6 Å². The van der Waals surface area contributed by atoms with Gasteiger partial charge in [0.05, 0.1) is 18.8 Å². The van der Waals surface area contributed by atoms with Gasteiger partial charge in [-0.2, -0.15) is 0 Å². The van der Waals surface area contributed by atoms with E-state index in [4.69, 9.17) is 14.2 Å². The molecule has 0 N–H and O–H groups in total. The molecule has 1 saturated heterocycles. The van der Waals surface area contributed by atoms with Crippen molar-refractivity contribution in [2.24, 2.45) is 0 Å². The van der Waals surface area contributed by atoms with Gasteiger partial charge in [0, 0.05) is 0 Å². The number of hydrogen-bond acceptors (Lipinski definition) is 4. The third kappa shape index (κ3) is 4.65. The first-order valence-electron chi connectivity index (χ1n) is 8.78. The fourth-order valence-electron chi connectivity index (χ4n) is 3.17. The van der Waals surface area contributed by atoms with E-state index in [9.17, 15) is 4.39 Å². The summed E-state index contributed by atoms with van der Waals surface area (Å²) in [6.45, 7) is 4.45. The fourth-order valence-corrected chi connectivity index (χ4v) is 3.61. The van der Waals surface area contributed by atoms with Gasteiger partial charge in [0.1, 0.15) is 17.6 Å². The Balaban J connectivity index is 1.73. The smallest absolute Gasteiger partial charge is 0.164 e. The van der Waals surface area contributed by atoms with Gasteiger partial charge in [-0.15, -0.1) is 12.6 Å². The Labute approximate surface area is 159 Å². The standard InChI is InChI=1S/C21H25FO3S/c1-21(2)19(24-14-16-11-7-4-8-12-16)18(17(22)20(26)25-21)23-13-15-9-5-3-6-10-15/h3-12,17-20,26H,13-14H2,1-2H3/t17-,18-,19-,20?/m0/s1. The predicted octanol–water partition coefficient (Wildman–Crippen LogP) is 4.56. The van der Waals surface area contributed by atoms with Gasteiger partial charge >= 0.3 is 0 Å². The van der Waals surface area contributed by atoms with Crippen LogP contribution in [0.15, 0.2) is 60.7 Å². The Morgan fingerprint density at radius 3 is 1.96 bits per heavy atom. The van der Waals surface area contributed by atoms with Gasteiger partial charge < -0.3 is 14.2 Å². The summed E-state index contributed by atoms with van der Waals surface area (Å²) in [5, 5.41) is 0. The van der Waals surface area contributed by atoms with Crippen molar-refractivity contribution in [1.82, 2.24) is 0 Å². The Kier molecular flexibility index (Phi) is 6.35. The number of ether oxygens (including phenoxy) is 3. The molecule has 0 aromatic heterocycles. The second-order valence-corrected chi connectivity index (χ2v) is 7.54. The fraction of sp³-hybridized carbons (Fsp3) is 0.429. The topological polar surface area (TPSA) is 27.7 Å². The van der Waals surface area contributed by atoms with Gasteiger partial charge in [0.25, 0.3) is 0 Å². The third-order valence-electron chi connectivity index (χ3n) is 4.55. The molecule has 0 radical (unpaired) electrons. The molecular formula is C21H25FO3S. The Morgan fingerprint density at radius 1 is 0.923 bits per heavy atom. The molecule has 4 atom stereocenters. The van der Waals surface area contributed by atoms with Crippen LogP contribution < -0.4 is 0 Å². The number of rotatable bonds is 6. The molecule has 1 aliphatic rings. The zero-order valence-corrected chi connectivity index (χ0v) is 15.9. The van der Waals surface area contributed by atoms with E-state index in [1.807, 2.05) is 74.5 Å². The number of thiol groups is 1. The molecule has 0 aliphatic carbocycles. The minimum absolute atomic E-state index is 0.313. The number of hydrogen-bond donors (Lipinski definition) is 1. The first-order chi connectivity index (χ1) is 12.5. The van der Waals surface area contributed by atoms with Crippen LogP contribution in [0.1, 0.15) is 25.0 Å².